The summed E-state index contributed by atoms with van der Waals surface area (Å²) in [6.07, 6.45) is -4.53. The van der Waals surface area contributed by atoms with E-state index >= 15 is 0 Å². The van der Waals surface area contributed by atoms with Crippen molar-refractivity contribution < 1.29 is 23.1 Å². The maximum Gasteiger partial charge on any atom is 0.418 e. The first-order valence-corrected chi connectivity index (χ1v) is 9.10. The molecule has 0 radical (unpaired) electrons. The van der Waals surface area contributed by atoms with Gasteiger partial charge in [-0.15, -0.1) is 0 Å². The Morgan fingerprint density at radius 1 is 1.07 bits per heavy atom. The average molecular weight is 409 g/mol. The maximum absolute atomic E-state index is 13.4. The van der Waals surface area contributed by atoms with Crippen molar-refractivity contribution in [2.45, 2.75) is 25.9 Å². The van der Waals surface area contributed by atoms with Crippen LogP contribution < -0.4 is 26.6 Å². The molecular weight excluding hydrogens is 387 g/mol. The van der Waals surface area contributed by atoms with Crippen LogP contribution in [0.3, 0.4) is 0 Å². The number of carboxylic acids is 1. The standard InChI is InChI=1S/C19H22F3N5O2/c1-3-23-14-10-16-15(9-11(14)17(28)29)26-19(27-16,24-4-2)25-13-8-6-5-7-12(13)18(20,21)22/h5-10,23-27H,3-4H2,1-2H3,(H,28,29). The SMILES string of the molecule is CCNc1cc2c(cc1C(=O)O)NC(NCC)(Nc1ccccc1C(F)(F)F)N2. The molecule has 0 fully saturated rings. The van der Waals surface area contributed by atoms with E-state index in [1.165, 1.54) is 24.3 Å². The van der Waals surface area contributed by atoms with E-state index < -0.39 is 23.6 Å². The van der Waals surface area contributed by atoms with Gasteiger partial charge in [-0.05, 0) is 37.7 Å². The number of halogens is 3. The fraction of sp³-hybridized carbons (Fsp3) is 0.316. The molecule has 0 aliphatic carbocycles. The van der Waals surface area contributed by atoms with E-state index in [-0.39, 0.29) is 11.3 Å². The lowest BCUT2D eigenvalue weighted by Gasteiger charge is -2.34. The number of rotatable bonds is 7. The summed E-state index contributed by atoms with van der Waals surface area (Å²) in [5.74, 6) is -2.44. The van der Waals surface area contributed by atoms with Gasteiger partial charge in [0, 0.05) is 6.54 Å². The zero-order valence-electron chi connectivity index (χ0n) is 15.9. The number of anilines is 4. The summed E-state index contributed by atoms with van der Waals surface area (Å²) in [7, 11) is 0. The van der Waals surface area contributed by atoms with E-state index in [9.17, 15) is 23.1 Å². The van der Waals surface area contributed by atoms with Crippen LogP contribution in [-0.2, 0) is 6.18 Å². The predicted molar refractivity (Wildman–Crippen MR) is 106 cm³/mol. The van der Waals surface area contributed by atoms with Gasteiger partial charge in [-0.2, -0.15) is 13.2 Å². The minimum absolute atomic E-state index is 0.0582. The summed E-state index contributed by atoms with van der Waals surface area (Å²) in [6, 6.07) is 8.22. The molecule has 0 amide bonds. The number of benzene rings is 2. The fourth-order valence-electron chi connectivity index (χ4n) is 3.26. The minimum atomic E-state index is -4.53. The summed E-state index contributed by atoms with van der Waals surface area (Å²) in [6.45, 7) is 4.57. The van der Waals surface area contributed by atoms with Crippen LogP contribution in [0.4, 0.5) is 35.9 Å². The third-order valence-corrected chi connectivity index (χ3v) is 4.40. The highest BCUT2D eigenvalue weighted by atomic mass is 19.4. The van der Waals surface area contributed by atoms with Crippen LogP contribution in [0.2, 0.25) is 0 Å². The lowest BCUT2D eigenvalue weighted by atomic mass is 10.1. The Morgan fingerprint density at radius 3 is 2.31 bits per heavy atom. The van der Waals surface area contributed by atoms with Gasteiger partial charge < -0.3 is 26.4 Å². The topological polar surface area (TPSA) is 97.5 Å². The van der Waals surface area contributed by atoms with Crippen LogP contribution in [-0.4, -0.2) is 30.1 Å². The second-order valence-electron chi connectivity index (χ2n) is 6.48. The summed E-state index contributed by atoms with van der Waals surface area (Å²) in [5.41, 5.74) is 0.528. The number of fused-ring (bicyclic) bond motifs is 1. The van der Waals surface area contributed by atoms with Gasteiger partial charge in [-0.3, -0.25) is 5.32 Å². The molecule has 1 unspecified atom stereocenters. The molecule has 29 heavy (non-hydrogen) atoms. The number of carboxylic acid groups (broad SMARTS) is 1. The van der Waals surface area contributed by atoms with E-state index in [0.29, 0.717) is 30.2 Å². The molecule has 10 heteroatoms. The van der Waals surface area contributed by atoms with Crippen molar-refractivity contribution in [3.05, 3.63) is 47.5 Å². The van der Waals surface area contributed by atoms with Crippen LogP contribution in [0, 0.1) is 0 Å². The molecule has 0 saturated carbocycles. The third-order valence-electron chi connectivity index (χ3n) is 4.40. The molecule has 1 aliphatic heterocycles. The molecular formula is C19H22F3N5O2. The highest BCUT2D eigenvalue weighted by molar-refractivity contribution is 5.99. The second-order valence-corrected chi connectivity index (χ2v) is 6.48. The molecule has 7 nitrogen and oxygen atoms in total. The summed E-state index contributed by atoms with van der Waals surface area (Å²) < 4.78 is 40.2. The quantitative estimate of drug-likeness (QED) is 0.385. The Bertz CT molecular complexity index is 919. The van der Waals surface area contributed by atoms with Crippen molar-refractivity contribution in [2.75, 3.05) is 34.4 Å². The van der Waals surface area contributed by atoms with E-state index in [1.807, 2.05) is 6.92 Å². The number of aromatic carboxylic acids is 1. The van der Waals surface area contributed by atoms with Crippen LogP contribution in [0.5, 0.6) is 0 Å². The van der Waals surface area contributed by atoms with Gasteiger partial charge in [-0.25, -0.2) is 4.79 Å². The highest BCUT2D eigenvalue weighted by Crippen LogP contribution is 2.40. The Morgan fingerprint density at radius 2 is 1.72 bits per heavy atom. The summed E-state index contributed by atoms with van der Waals surface area (Å²) >= 11 is 0. The van der Waals surface area contributed by atoms with Crippen LogP contribution in [0.25, 0.3) is 0 Å². The molecule has 0 saturated heterocycles. The van der Waals surface area contributed by atoms with Crippen LogP contribution in [0.15, 0.2) is 36.4 Å². The van der Waals surface area contributed by atoms with E-state index in [0.717, 1.165) is 6.07 Å². The Labute approximate surface area is 165 Å². The number of alkyl halides is 3. The van der Waals surface area contributed by atoms with Gasteiger partial charge in [0.25, 0.3) is 0 Å². The van der Waals surface area contributed by atoms with E-state index in [4.69, 9.17) is 0 Å². The second kappa shape index (κ2) is 7.70. The molecule has 0 spiro atoms. The smallest absolute Gasteiger partial charge is 0.418 e. The van der Waals surface area contributed by atoms with Crippen LogP contribution in [0.1, 0.15) is 29.8 Å². The normalized spacial score (nSPS) is 17.8. The highest BCUT2D eigenvalue weighted by Gasteiger charge is 2.40. The van der Waals surface area contributed by atoms with Crippen molar-refractivity contribution in [1.29, 1.82) is 0 Å². The van der Waals surface area contributed by atoms with Gasteiger partial charge in [-0.1, -0.05) is 19.1 Å². The Balaban J connectivity index is 2.00. The van der Waals surface area contributed by atoms with Crippen molar-refractivity contribution in [3.8, 4) is 0 Å². The molecule has 0 aromatic heterocycles. The third kappa shape index (κ3) is 4.16. The molecule has 2 aromatic rings. The Hall–Kier alpha value is -3.14. The average Bonchev–Trinajstić information content (AvgIpc) is 2.97. The van der Waals surface area contributed by atoms with Gasteiger partial charge in [0.05, 0.1) is 33.9 Å². The van der Waals surface area contributed by atoms with Crippen molar-refractivity contribution in [2.24, 2.45) is 0 Å². The lowest BCUT2D eigenvalue weighted by Crippen LogP contribution is -2.61. The van der Waals surface area contributed by atoms with Crippen LogP contribution >= 0.6 is 0 Å². The molecule has 1 atom stereocenters. The fourth-order valence-corrected chi connectivity index (χ4v) is 3.26. The maximum atomic E-state index is 13.4. The predicted octanol–water partition coefficient (Wildman–Crippen LogP) is 4.01. The molecule has 3 rings (SSSR count). The van der Waals surface area contributed by atoms with Gasteiger partial charge in [0.15, 0.2) is 0 Å². The first-order chi connectivity index (χ1) is 13.7. The van der Waals surface area contributed by atoms with Gasteiger partial charge in [0.1, 0.15) is 0 Å². The van der Waals surface area contributed by atoms with Crippen molar-refractivity contribution in [3.63, 3.8) is 0 Å². The zero-order chi connectivity index (χ0) is 21.2. The van der Waals surface area contributed by atoms with Crippen molar-refractivity contribution >= 4 is 28.7 Å². The molecule has 1 heterocycles. The molecule has 6 N–H and O–H groups in total. The first kappa shape index (κ1) is 20.6. The number of para-hydroxylation sites is 1. The van der Waals surface area contributed by atoms with E-state index in [2.05, 4.69) is 26.6 Å². The van der Waals surface area contributed by atoms with Gasteiger partial charge >= 0.3 is 12.1 Å². The minimum Gasteiger partial charge on any atom is -0.478 e. The molecule has 0 bridgehead atoms. The van der Waals surface area contributed by atoms with Gasteiger partial charge in [0.2, 0.25) is 5.91 Å². The summed E-state index contributed by atoms with van der Waals surface area (Å²) in [5, 5.41) is 24.5. The molecule has 2 aromatic carbocycles. The first-order valence-electron chi connectivity index (χ1n) is 9.10. The number of hydrogen-bond acceptors (Lipinski definition) is 6. The summed E-state index contributed by atoms with van der Waals surface area (Å²) in [4.78, 5) is 11.6. The van der Waals surface area contributed by atoms with Crippen molar-refractivity contribution in [1.82, 2.24) is 5.32 Å². The molecule has 156 valence electrons. The zero-order valence-corrected chi connectivity index (χ0v) is 15.9. The van der Waals surface area contributed by atoms with E-state index in [1.54, 1.807) is 13.0 Å². The number of nitrogens with one attached hydrogen (secondary N) is 5. The number of carbonyl (C=O) groups is 1. The number of hydrogen-bond donors (Lipinski definition) is 6. The lowest BCUT2D eigenvalue weighted by molar-refractivity contribution is -0.137. The molecule has 1 aliphatic rings. The Kier molecular flexibility index (Phi) is 5.47. The largest absolute Gasteiger partial charge is 0.478 e. The monoisotopic (exact) mass is 409 g/mol.